The van der Waals surface area contributed by atoms with Crippen LogP contribution in [0.1, 0.15) is 12.8 Å². The van der Waals surface area contributed by atoms with Gasteiger partial charge in [0.05, 0.1) is 5.39 Å². The summed E-state index contributed by atoms with van der Waals surface area (Å²) in [4.78, 5) is 24.5. The van der Waals surface area contributed by atoms with Crippen molar-refractivity contribution in [3.8, 4) is 0 Å². The topological polar surface area (TPSA) is 58.1 Å². The number of carbonyl (C=O) groups excluding carboxylic acids is 1. The molecule has 1 aliphatic heterocycles. The zero-order valence-corrected chi connectivity index (χ0v) is 13.3. The molecule has 1 amide bonds. The normalized spacial score (nSPS) is 17.6. The summed E-state index contributed by atoms with van der Waals surface area (Å²) in [6, 6.07) is 11.4. The van der Waals surface area contributed by atoms with Crippen molar-refractivity contribution in [1.82, 2.24) is 9.97 Å². The van der Waals surface area contributed by atoms with Gasteiger partial charge < -0.3 is 10.2 Å². The van der Waals surface area contributed by atoms with Crippen LogP contribution in [0.4, 0.5) is 11.5 Å². The molecule has 3 heterocycles. The number of aromatic nitrogens is 2. The summed E-state index contributed by atoms with van der Waals surface area (Å²) >= 11 is 1.59. The summed E-state index contributed by atoms with van der Waals surface area (Å²) in [6.07, 6.45) is 3.41. The second-order valence-electron chi connectivity index (χ2n) is 5.54. The third-order valence-electron chi connectivity index (χ3n) is 4.11. The fourth-order valence-electron chi connectivity index (χ4n) is 3.05. The fourth-order valence-corrected chi connectivity index (χ4v) is 3.77. The van der Waals surface area contributed by atoms with Gasteiger partial charge in [-0.25, -0.2) is 9.97 Å². The highest BCUT2D eigenvalue weighted by Crippen LogP contribution is 2.32. The molecule has 0 spiro atoms. The van der Waals surface area contributed by atoms with E-state index in [1.807, 2.05) is 41.8 Å². The predicted molar refractivity (Wildman–Crippen MR) is 92.9 cm³/mol. The largest absolute Gasteiger partial charge is 0.344 e. The Morgan fingerprint density at radius 3 is 2.96 bits per heavy atom. The number of thiophene rings is 1. The van der Waals surface area contributed by atoms with E-state index in [1.54, 1.807) is 17.7 Å². The Bertz CT molecular complexity index is 833. The molecule has 0 bridgehead atoms. The van der Waals surface area contributed by atoms with Crippen molar-refractivity contribution < 1.29 is 4.79 Å². The Labute approximate surface area is 138 Å². The molecule has 0 saturated carbocycles. The Hall–Kier alpha value is -2.47. The number of carbonyl (C=O) groups is 1. The number of fused-ring (bicyclic) bond motifs is 1. The molecule has 3 aromatic rings. The first-order valence-corrected chi connectivity index (χ1v) is 8.51. The summed E-state index contributed by atoms with van der Waals surface area (Å²) in [6.45, 7) is 0.842. The Balaban J connectivity index is 1.61. The highest BCUT2D eigenvalue weighted by atomic mass is 32.1. The van der Waals surface area contributed by atoms with E-state index in [1.165, 1.54) is 0 Å². The highest BCUT2D eigenvalue weighted by molar-refractivity contribution is 7.16. The molecule has 0 aliphatic carbocycles. The number of para-hydroxylation sites is 1. The van der Waals surface area contributed by atoms with Gasteiger partial charge >= 0.3 is 0 Å². The molecule has 1 N–H and O–H groups in total. The van der Waals surface area contributed by atoms with Gasteiger partial charge in [-0.2, -0.15) is 0 Å². The van der Waals surface area contributed by atoms with Crippen LogP contribution in [0.2, 0.25) is 0 Å². The number of benzene rings is 1. The summed E-state index contributed by atoms with van der Waals surface area (Å²) in [5.41, 5.74) is 0.827. The lowest BCUT2D eigenvalue weighted by atomic mass is 10.2. The Morgan fingerprint density at radius 1 is 1.22 bits per heavy atom. The van der Waals surface area contributed by atoms with Crippen molar-refractivity contribution in [3.63, 3.8) is 0 Å². The molecule has 1 fully saturated rings. The van der Waals surface area contributed by atoms with Gasteiger partial charge in [-0.1, -0.05) is 18.2 Å². The molecule has 2 aromatic heterocycles. The minimum Gasteiger partial charge on any atom is -0.344 e. The standard InChI is InChI=1S/C17H16N4OS/c22-16(20-12-5-2-1-3-6-12)14-7-4-9-21(14)15-13-8-10-23-17(13)19-11-18-15/h1-3,5-6,8,10-11,14H,4,7,9H2,(H,20,22)/t14-/m1/s1. The van der Waals surface area contributed by atoms with Gasteiger partial charge in [-0.15, -0.1) is 11.3 Å². The zero-order valence-electron chi connectivity index (χ0n) is 12.5. The third kappa shape index (κ3) is 2.66. The molecule has 6 heteroatoms. The van der Waals surface area contributed by atoms with Crippen LogP contribution in [-0.4, -0.2) is 28.5 Å². The molecule has 0 radical (unpaired) electrons. The molecule has 1 atom stereocenters. The van der Waals surface area contributed by atoms with Crippen molar-refractivity contribution in [2.75, 3.05) is 16.8 Å². The average molecular weight is 324 g/mol. The summed E-state index contributed by atoms with van der Waals surface area (Å²) in [5, 5.41) is 6.04. The lowest BCUT2D eigenvalue weighted by Gasteiger charge is -2.25. The average Bonchev–Trinajstić information content (AvgIpc) is 3.24. The summed E-state index contributed by atoms with van der Waals surface area (Å²) in [7, 11) is 0. The van der Waals surface area contributed by atoms with Crippen LogP contribution in [-0.2, 0) is 4.79 Å². The van der Waals surface area contributed by atoms with Crippen molar-refractivity contribution in [1.29, 1.82) is 0 Å². The molecule has 1 saturated heterocycles. The smallest absolute Gasteiger partial charge is 0.247 e. The van der Waals surface area contributed by atoms with Crippen LogP contribution in [0.5, 0.6) is 0 Å². The van der Waals surface area contributed by atoms with E-state index in [2.05, 4.69) is 20.2 Å². The number of nitrogens with zero attached hydrogens (tertiary/aromatic N) is 3. The van der Waals surface area contributed by atoms with E-state index in [4.69, 9.17) is 0 Å². The van der Waals surface area contributed by atoms with Crippen LogP contribution < -0.4 is 10.2 Å². The Morgan fingerprint density at radius 2 is 2.09 bits per heavy atom. The summed E-state index contributed by atoms with van der Waals surface area (Å²) in [5.74, 6) is 0.887. The van der Waals surface area contributed by atoms with Crippen molar-refractivity contribution in [2.24, 2.45) is 0 Å². The fraction of sp³-hybridized carbons (Fsp3) is 0.235. The first-order valence-electron chi connectivity index (χ1n) is 7.64. The van der Waals surface area contributed by atoms with E-state index in [0.29, 0.717) is 0 Å². The Kier molecular flexibility index (Phi) is 3.67. The predicted octanol–water partition coefficient (Wildman–Crippen LogP) is 3.30. The van der Waals surface area contributed by atoms with E-state index in [9.17, 15) is 4.79 Å². The molecular formula is C17H16N4OS. The summed E-state index contributed by atoms with van der Waals surface area (Å²) < 4.78 is 0. The van der Waals surface area contributed by atoms with Gasteiger partial charge in [0.15, 0.2) is 0 Å². The van der Waals surface area contributed by atoms with Crippen LogP contribution in [0.15, 0.2) is 48.1 Å². The van der Waals surface area contributed by atoms with Crippen LogP contribution in [0, 0.1) is 0 Å². The number of hydrogen-bond acceptors (Lipinski definition) is 5. The maximum Gasteiger partial charge on any atom is 0.247 e. The van der Waals surface area contributed by atoms with E-state index in [0.717, 1.165) is 41.1 Å². The number of amides is 1. The van der Waals surface area contributed by atoms with Gasteiger partial charge in [0.25, 0.3) is 0 Å². The molecule has 1 aromatic carbocycles. The maximum atomic E-state index is 12.7. The lowest BCUT2D eigenvalue weighted by molar-refractivity contribution is -0.117. The molecule has 1 aliphatic rings. The number of rotatable bonds is 3. The van der Waals surface area contributed by atoms with E-state index in [-0.39, 0.29) is 11.9 Å². The highest BCUT2D eigenvalue weighted by Gasteiger charge is 2.32. The van der Waals surface area contributed by atoms with Crippen LogP contribution >= 0.6 is 11.3 Å². The molecule has 0 unspecified atom stereocenters. The van der Waals surface area contributed by atoms with Crippen LogP contribution in [0.3, 0.4) is 0 Å². The third-order valence-corrected chi connectivity index (χ3v) is 4.93. The van der Waals surface area contributed by atoms with Crippen LogP contribution in [0.25, 0.3) is 10.2 Å². The van der Waals surface area contributed by atoms with Gasteiger partial charge in [-0.05, 0) is 36.4 Å². The van der Waals surface area contributed by atoms with E-state index >= 15 is 0 Å². The van der Waals surface area contributed by atoms with Crippen molar-refractivity contribution in [2.45, 2.75) is 18.9 Å². The lowest BCUT2D eigenvalue weighted by Crippen LogP contribution is -2.40. The second kappa shape index (κ2) is 5.96. The quantitative estimate of drug-likeness (QED) is 0.803. The van der Waals surface area contributed by atoms with Crippen molar-refractivity contribution in [3.05, 3.63) is 48.1 Å². The van der Waals surface area contributed by atoms with Gasteiger partial charge in [0.2, 0.25) is 5.91 Å². The first kappa shape index (κ1) is 14.1. The van der Waals surface area contributed by atoms with Crippen molar-refractivity contribution >= 4 is 39.0 Å². The SMILES string of the molecule is O=C(Nc1ccccc1)[C@H]1CCCN1c1ncnc2sccc12. The van der Waals surface area contributed by atoms with Gasteiger partial charge in [0, 0.05) is 12.2 Å². The van der Waals surface area contributed by atoms with Gasteiger partial charge in [0.1, 0.15) is 23.0 Å². The number of nitrogens with one attached hydrogen (secondary N) is 1. The molecule has 116 valence electrons. The van der Waals surface area contributed by atoms with E-state index < -0.39 is 0 Å². The van der Waals surface area contributed by atoms with Gasteiger partial charge in [-0.3, -0.25) is 4.79 Å². The maximum absolute atomic E-state index is 12.7. The molecule has 4 rings (SSSR count). The first-order chi connectivity index (χ1) is 11.3. The molecule has 23 heavy (non-hydrogen) atoms. The minimum atomic E-state index is -0.187. The molecular weight excluding hydrogens is 308 g/mol. The second-order valence-corrected chi connectivity index (χ2v) is 6.44. The minimum absolute atomic E-state index is 0.0238. The monoisotopic (exact) mass is 324 g/mol. The molecule has 5 nitrogen and oxygen atoms in total. The zero-order chi connectivity index (χ0) is 15.6. The number of hydrogen-bond donors (Lipinski definition) is 1. The number of anilines is 2.